The van der Waals surface area contributed by atoms with E-state index in [1.807, 2.05) is 60.7 Å². The minimum absolute atomic E-state index is 0.477. The lowest BCUT2D eigenvalue weighted by atomic mass is 10.1. The van der Waals surface area contributed by atoms with Crippen LogP contribution in [0.25, 0.3) is 0 Å². The molecule has 5 aromatic carbocycles. The largest absolute Gasteiger partial charge is 0.491 e. The van der Waals surface area contributed by atoms with Crippen molar-refractivity contribution < 1.29 is 14.9 Å². The highest BCUT2D eigenvalue weighted by molar-refractivity contribution is 5.54. The van der Waals surface area contributed by atoms with Crippen LogP contribution in [0.5, 0.6) is 5.75 Å². The summed E-state index contributed by atoms with van der Waals surface area (Å²) in [5.41, 5.74) is 13.2. The molecule has 0 saturated heterocycles. The monoisotopic (exact) mass is 643 g/mol. The maximum atomic E-state index is 11.3. The van der Waals surface area contributed by atoms with Crippen LogP contribution in [0, 0.1) is 0 Å². The van der Waals surface area contributed by atoms with Crippen molar-refractivity contribution in [3.8, 4) is 5.75 Å². The van der Waals surface area contributed by atoms with E-state index in [0.717, 1.165) is 49.2 Å². The molecule has 2 atom stereocenters. The van der Waals surface area contributed by atoms with Crippen LogP contribution in [0.1, 0.15) is 59.8 Å². The molecular formula is C42H49N3O3. The molecule has 5 aromatic rings. The molecule has 0 aliphatic carbocycles. The molecule has 0 aliphatic heterocycles. The summed E-state index contributed by atoms with van der Waals surface area (Å²) in [4.78, 5) is 4.54. The van der Waals surface area contributed by atoms with Gasteiger partial charge >= 0.3 is 0 Å². The Kier molecular flexibility index (Phi) is 13.1. The van der Waals surface area contributed by atoms with E-state index in [1.165, 1.54) is 16.7 Å². The molecule has 2 unspecified atom stereocenters. The average molecular weight is 644 g/mol. The number of nitrogens with zero attached hydrogens (tertiary/aromatic N) is 2. The van der Waals surface area contributed by atoms with E-state index in [2.05, 4.69) is 89.5 Å². The highest BCUT2D eigenvalue weighted by Gasteiger charge is 2.18. The number of anilines is 2. The van der Waals surface area contributed by atoms with Crippen molar-refractivity contribution in [3.63, 3.8) is 0 Å². The Morgan fingerprint density at radius 2 is 1.25 bits per heavy atom. The van der Waals surface area contributed by atoms with Crippen LogP contribution in [0.3, 0.4) is 0 Å². The number of hydrogen-bond donors (Lipinski definition) is 3. The zero-order chi connectivity index (χ0) is 33.6. The quantitative estimate of drug-likeness (QED) is 0.0664. The van der Waals surface area contributed by atoms with Gasteiger partial charge in [-0.15, -0.1) is 0 Å². The molecule has 0 amide bonds. The van der Waals surface area contributed by atoms with E-state index in [0.29, 0.717) is 37.7 Å². The van der Waals surface area contributed by atoms with Crippen molar-refractivity contribution in [2.24, 2.45) is 0 Å². The van der Waals surface area contributed by atoms with Crippen LogP contribution in [0.2, 0.25) is 0 Å². The lowest BCUT2D eigenvalue weighted by Crippen LogP contribution is -2.30. The molecule has 6 nitrogen and oxygen atoms in total. The molecule has 4 N–H and O–H groups in total. The smallest absolute Gasteiger partial charge is 0.142 e. The van der Waals surface area contributed by atoms with E-state index in [1.54, 1.807) is 0 Å². The number of aliphatic hydroxyl groups excluding tert-OH is 2. The maximum absolute atomic E-state index is 11.3. The first-order valence-corrected chi connectivity index (χ1v) is 17.1. The molecule has 0 fully saturated rings. The number of unbranched alkanes of at least 4 members (excludes halogenated alkanes) is 1. The number of hydrogen-bond acceptors (Lipinski definition) is 6. The summed E-state index contributed by atoms with van der Waals surface area (Å²) in [6.07, 6.45) is 1.57. The number of aliphatic hydroxyl groups is 2. The van der Waals surface area contributed by atoms with Gasteiger partial charge in [0.15, 0.2) is 0 Å². The number of nitrogen functional groups attached to an aromatic ring is 1. The fourth-order valence-electron chi connectivity index (χ4n) is 5.87. The highest BCUT2D eigenvalue weighted by atomic mass is 16.5. The van der Waals surface area contributed by atoms with Gasteiger partial charge in [-0.25, -0.2) is 0 Å². The van der Waals surface area contributed by atoms with Crippen LogP contribution in [0.4, 0.5) is 11.4 Å². The molecule has 5 rings (SSSR count). The second-order valence-corrected chi connectivity index (χ2v) is 12.4. The van der Waals surface area contributed by atoms with Crippen LogP contribution in [-0.2, 0) is 19.5 Å². The lowest BCUT2D eigenvalue weighted by Gasteiger charge is -2.28. The Morgan fingerprint density at radius 3 is 1.88 bits per heavy atom. The van der Waals surface area contributed by atoms with Gasteiger partial charge in [0.2, 0.25) is 0 Å². The SMILES string of the molecule is CCCCOc1ccc(C(O)CN(CCc2ccc(N(Cc3ccccc3)CC(O)c3ccccc3)cc2)Cc2ccccc2)cc1N. The van der Waals surface area contributed by atoms with E-state index < -0.39 is 12.2 Å². The summed E-state index contributed by atoms with van der Waals surface area (Å²) >= 11 is 0. The van der Waals surface area contributed by atoms with Gasteiger partial charge in [0, 0.05) is 38.4 Å². The van der Waals surface area contributed by atoms with Crippen LogP contribution < -0.4 is 15.4 Å². The molecule has 250 valence electrons. The topological polar surface area (TPSA) is 82.2 Å². The number of benzene rings is 5. The van der Waals surface area contributed by atoms with Gasteiger partial charge in [0.1, 0.15) is 5.75 Å². The van der Waals surface area contributed by atoms with E-state index >= 15 is 0 Å². The maximum Gasteiger partial charge on any atom is 0.142 e. The van der Waals surface area contributed by atoms with Gasteiger partial charge in [-0.05, 0) is 64.9 Å². The first kappa shape index (κ1) is 34.7. The normalized spacial score (nSPS) is 12.5. The van der Waals surface area contributed by atoms with Gasteiger partial charge in [0.05, 0.1) is 24.5 Å². The van der Waals surface area contributed by atoms with Crippen LogP contribution in [-0.4, -0.2) is 41.4 Å². The third-order valence-corrected chi connectivity index (χ3v) is 8.67. The Balaban J connectivity index is 1.26. The minimum atomic E-state index is -0.689. The van der Waals surface area contributed by atoms with Crippen molar-refractivity contribution in [2.75, 3.05) is 36.9 Å². The zero-order valence-electron chi connectivity index (χ0n) is 28.0. The highest BCUT2D eigenvalue weighted by Crippen LogP contribution is 2.27. The first-order valence-electron chi connectivity index (χ1n) is 17.1. The molecule has 0 saturated carbocycles. The third kappa shape index (κ3) is 10.4. The molecular weight excluding hydrogens is 594 g/mol. The summed E-state index contributed by atoms with van der Waals surface area (Å²) in [6, 6.07) is 44.9. The van der Waals surface area contributed by atoms with Crippen LogP contribution in [0.15, 0.2) is 133 Å². The second-order valence-electron chi connectivity index (χ2n) is 12.4. The fraction of sp³-hybridized carbons (Fsp3) is 0.286. The van der Waals surface area contributed by atoms with Crippen molar-refractivity contribution in [3.05, 3.63) is 161 Å². The van der Waals surface area contributed by atoms with Crippen molar-refractivity contribution >= 4 is 11.4 Å². The number of nitrogens with two attached hydrogens (primary N) is 1. The number of ether oxygens (including phenoxy) is 1. The van der Waals surface area contributed by atoms with E-state index in [9.17, 15) is 10.2 Å². The summed E-state index contributed by atoms with van der Waals surface area (Å²) in [6.45, 7) is 5.93. The Bertz CT molecular complexity index is 1630. The molecule has 0 heterocycles. The third-order valence-electron chi connectivity index (χ3n) is 8.67. The van der Waals surface area contributed by atoms with E-state index in [4.69, 9.17) is 10.5 Å². The molecule has 6 heteroatoms. The van der Waals surface area contributed by atoms with E-state index in [-0.39, 0.29) is 0 Å². The standard InChI is InChI=1S/C42H49N3O3/c1-2-3-27-48-42-24-21-37(28-39(42)43)40(46)31-44(29-34-13-7-4-8-14-34)26-25-33-19-22-38(23-20-33)45(30-35-15-9-5-10-16-35)32-41(47)36-17-11-6-12-18-36/h4-24,28,40-41,46-47H,2-3,25-27,29-32,43H2,1H3. The van der Waals surface area contributed by atoms with Crippen molar-refractivity contribution in [1.29, 1.82) is 0 Å². The molecule has 0 aromatic heterocycles. The van der Waals surface area contributed by atoms with Crippen LogP contribution >= 0.6 is 0 Å². The summed E-state index contributed by atoms with van der Waals surface area (Å²) in [7, 11) is 0. The Labute approximate surface area is 286 Å². The predicted molar refractivity (Wildman–Crippen MR) is 197 cm³/mol. The lowest BCUT2D eigenvalue weighted by molar-refractivity contribution is 0.109. The van der Waals surface area contributed by atoms with Gasteiger partial charge in [-0.2, -0.15) is 0 Å². The average Bonchev–Trinajstić information content (AvgIpc) is 3.12. The zero-order valence-corrected chi connectivity index (χ0v) is 28.0. The van der Waals surface area contributed by atoms with Gasteiger partial charge < -0.3 is 25.6 Å². The molecule has 0 radical (unpaired) electrons. The fourth-order valence-corrected chi connectivity index (χ4v) is 5.87. The summed E-state index contributed by atoms with van der Waals surface area (Å²) in [5.74, 6) is 0.667. The van der Waals surface area contributed by atoms with Gasteiger partial charge in [0.25, 0.3) is 0 Å². The predicted octanol–water partition coefficient (Wildman–Crippen LogP) is 7.97. The molecule has 0 aliphatic rings. The second kappa shape index (κ2) is 18.1. The summed E-state index contributed by atoms with van der Waals surface area (Å²) in [5, 5.41) is 22.4. The molecule has 0 bridgehead atoms. The first-order chi connectivity index (χ1) is 23.5. The minimum Gasteiger partial charge on any atom is -0.491 e. The van der Waals surface area contributed by atoms with Crippen molar-refractivity contribution in [1.82, 2.24) is 4.90 Å². The van der Waals surface area contributed by atoms with Crippen molar-refractivity contribution in [2.45, 2.75) is 51.5 Å². The Morgan fingerprint density at radius 1 is 0.646 bits per heavy atom. The molecule has 0 spiro atoms. The van der Waals surface area contributed by atoms with Gasteiger partial charge in [-0.1, -0.05) is 123 Å². The summed E-state index contributed by atoms with van der Waals surface area (Å²) < 4.78 is 5.82. The van der Waals surface area contributed by atoms with Gasteiger partial charge in [-0.3, -0.25) is 4.90 Å². The molecule has 48 heavy (non-hydrogen) atoms. The number of rotatable bonds is 18. The Hall–Kier alpha value is -4.62.